The lowest BCUT2D eigenvalue weighted by Gasteiger charge is -2.19. The molecule has 7 heteroatoms. The first kappa shape index (κ1) is 12.5. The van der Waals surface area contributed by atoms with Gasteiger partial charge in [0, 0.05) is 25.4 Å². The number of nitrogens with zero attached hydrogens (tertiary/aromatic N) is 1. The highest BCUT2D eigenvalue weighted by Gasteiger charge is 2.33. The summed E-state index contributed by atoms with van der Waals surface area (Å²) in [6.45, 7) is 1.96. The van der Waals surface area contributed by atoms with E-state index < -0.39 is 6.09 Å². The maximum absolute atomic E-state index is 12.0. The molecule has 2 heterocycles. The van der Waals surface area contributed by atoms with Crippen molar-refractivity contribution in [2.24, 2.45) is 5.92 Å². The molecule has 2 aliphatic heterocycles. The quantitative estimate of drug-likeness (QED) is 0.652. The van der Waals surface area contributed by atoms with E-state index in [4.69, 9.17) is 5.11 Å². The van der Waals surface area contributed by atoms with Gasteiger partial charge in [-0.3, -0.25) is 4.79 Å². The van der Waals surface area contributed by atoms with Gasteiger partial charge in [0.1, 0.15) is 0 Å². The van der Waals surface area contributed by atoms with Crippen LogP contribution in [0.25, 0.3) is 0 Å². The van der Waals surface area contributed by atoms with Gasteiger partial charge < -0.3 is 20.6 Å². The summed E-state index contributed by atoms with van der Waals surface area (Å²) >= 11 is 1.77. The van der Waals surface area contributed by atoms with Gasteiger partial charge in [-0.2, -0.15) is 0 Å². The Balaban J connectivity index is 1.76. The van der Waals surface area contributed by atoms with Crippen molar-refractivity contribution in [1.29, 1.82) is 0 Å². The number of carboxylic acid groups (broad SMARTS) is 1. The summed E-state index contributed by atoms with van der Waals surface area (Å²) in [5.41, 5.74) is 0. The second-order valence-corrected chi connectivity index (χ2v) is 5.46. The summed E-state index contributed by atoms with van der Waals surface area (Å²) < 4.78 is 0. The number of carbonyl (C=O) groups is 2. The smallest absolute Gasteiger partial charge is 0.404 e. The van der Waals surface area contributed by atoms with E-state index in [0.717, 1.165) is 24.6 Å². The first-order valence-corrected chi connectivity index (χ1v) is 6.89. The zero-order chi connectivity index (χ0) is 12.3. The Kier molecular flexibility index (Phi) is 4.11. The Labute approximate surface area is 104 Å². The zero-order valence-corrected chi connectivity index (χ0v) is 10.3. The monoisotopic (exact) mass is 259 g/mol. The van der Waals surface area contributed by atoms with Gasteiger partial charge in [0.25, 0.3) is 0 Å². The summed E-state index contributed by atoms with van der Waals surface area (Å²) in [5.74, 6) is 2.18. The largest absolute Gasteiger partial charge is 0.465 e. The number of carbonyl (C=O) groups excluding carboxylic acids is 1. The normalized spacial score (nSPS) is 28.4. The topological polar surface area (TPSA) is 81.7 Å². The second kappa shape index (κ2) is 5.59. The molecule has 3 N–H and O–H groups in total. The van der Waals surface area contributed by atoms with Crippen molar-refractivity contribution in [3.8, 4) is 0 Å². The number of rotatable bonds is 3. The molecule has 0 spiro atoms. The van der Waals surface area contributed by atoms with Crippen LogP contribution in [-0.2, 0) is 4.79 Å². The van der Waals surface area contributed by atoms with Gasteiger partial charge >= 0.3 is 6.09 Å². The molecule has 0 aromatic carbocycles. The van der Waals surface area contributed by atoms with Crippen molar-refractivity contribution in [3.63, 3.8) is 0 Å². The molecule has 0 aromatic rings. The summed E-state index contributed by atoms with van der Waals surface area (Å²) in [4.78, 5) is 24.3. The zero-order valence-electron chi connectivity index (χ0n) is 9.52. The van der Waals surface area contributed by atoms with Gasteiger partial charge in [-0.05, 0) is 12.3 Å². The number of hydrogen-bond acceptors (Lipinski definition) is 4. The van der Waals surface area contributed by atoms with Crippen LogP contribution in [0.3, 0.4) is 0 Å². The molecule has 2 fully saturated rings. The lowest BCUT2D eigenvalue weighted by atomic mass is 10.1. The first-order valence-electron chi connectivity index (χ1n) is 5.73. The van der Waals surface area contributed by atoms with E-state index >= 15 is 0 Å². The summed E-state index contributed by atoms with van der Waals surface area (Å²) in [7, 11) is 0. The Morgan fingerprint density at radius 2 is 2.35 bits per heavy atom. The lowest BCUT2D eigenvalue weighted by Crippen LogP contribution is -2.42. The molecule has 96 valence electrons. The van der Waals surface area contributed by atoms with Crippen LogP contribution in [-0.4, -0.2) is 59.3 Å². The standard InChI is InChI=1S/C10H17N3O3S/c14-9(13-1-2-17-6-13)8-3-7(4-11-8)5-12-10(15)16/h7-8,11-12H,1-6H2,(H,15,16)/t7-,8-/m0/s1. The fourth-order valence-corrected chi connectivity index (χ4v) is 3.15. The molecule has 6 nitrogen and oxygen atoms in total. The second-order valence-electron chi connectivity index (χ2n) is 4.39. The highest BCUT2D eigenvalue weighted by atomic mass is 32.2. The number of thioether (sulfide) groups is 1. The molecule has 2 amide bonds. The van der Waals surface area contributed by atoms with Crippen molar-refractivity contribution < 1.29 is 14.7 Å². The summed E-state index contributed by atoms with van der Waals surface area (Å²) in [6.07, 6.45) is -0.281. The Morgan fingerprint density at radius 3 is 3.00 bits per heavy atom. The van der Waals surface area contributed by atoms with Gasteiger partial charge in [-0.25, -0.2) is 4.79 Å². The molecule has 0 unspecified atom stereocenters. The predicted molar refractivity (Wildman–Crippen MR) is 65.0 cm³/mol. The van der Waals surface area contributed by atoms with Crippen LogP contribution in [0.4, 0.5) is 4.79 Å². The third-order valence-corrected chi connectivity index (χ3v) is 4.09. The maximum atomic E-state index is 12.0. The molecule has 0 aliphatic carbocycles. The minimum atomic E-state index is -1.00. The van der Waals surface area contributed by atoms with E-state index in [1.54, 1.807) is 11.8 Å². The van der Waals surface area contributed by atoms with E-state index in [2.05, 4.69) is 10.6 Å². The van der Waals surface area contributed by atoms with Crippen LogP contribution in [0.5, 0.6) is 0 Å². The minimum Gasteiger partial charge on any atom is -0.465 e. The van der Waals surface area contributed by atoms with Crippen molar-refractivity contribution in [3.05, 3.63) is 0 Å². The molecule has 0 saturated carbocycles. The van der Waals surface area contributed by atoms with Crippen LogP contribution < -0.4 is 10.6 Å². The van der Waals surface area contributed by atoms with Crippen LogP contribution in [0.15, 0.2) is 0 Å². The third-order valence-electron chi connectivity index (χ3n) is 3.13. The highest BCUT2D eigenvalue weighted by Crippen LogP contribution is 2.19. The number of nitrogens with one attached hydrogen (secondary N) is 2. The number of amides is 2. The molecule has 0 bridgehead atoms. The van der Waals surface area contributed by atoms with Crippen molar-refractivity contribution in [2.75, 3.05) is 31.3 Å². The molecule has 2 aliphatic rings. The van der Waals surface area contributed by atoms with Crippen LogP contribution in [0, 0.1) is 5.92 Å². The van der Waals surface area contributed by atoms with E-state index in [0.29, 0.717) is 13.1 Å². The van der Waals surface area contributed by atoms with Crippen LogP contribution in [0.1, 0.15) is 6.42 Å². The Bertz CT molecular complexity index is 307. The molecular formula is C10H17N3O3S. The van der Waals surface area contributed by atoms with E-state index in [1.165, 1.54) is 0 Å². The van der Waals surface area contributed by atoms with Crippen LogP contribution >= 0.6 is 11.8 Å². The summed E-state index contributed by atoms with van der Waals surface area (Å²) in [6, 6.07) is -0.130. The molecule has 0 radical (unpaired) electrons. The SMILES string of the molecule is O=C(O)NC[C@@H]1CN[C@H](C(=O)N2CCSC2)C1. The molecule has 17 heavy (non-hydrogen) atoms. The molecular weight excluding hydrogens is 242 g/mol. The minimum absolute atomic E-state index is 0.130. The molecule has 2 saturated heterocycles. The average molecular weight is 259 g/mol. The van der Waals surface area contributed by atoms with E-state index in [-0.39, 0.29) is 17.9 Å². The van der Waals surface area contributed by atoms with Gasteiger partial charge in [0.05, 0.1) is 11.9 Å². The van der Waals surface area contributed by atoms with E-state index in [1.807, 2.05) is 4.90 Å². The first-order chi connectivity index (χ1) is 8.16. The fourth-order valence-electron chi connectivity index (χ4n) is 2.19. The Hall–Kier alpha value is -0.950. The van der Waals surface area contributed by atoms with Crippen LogP contribution in [0.2, 0.25) is 0 Å². The third kappa shape index (κ3) is 3.26. The van der Waals surface area contributed by atoms with Gasteiger partial charge in [0.15, 0.2) is 0 Å². The van der Waals surface area contributed by atoms with Gasteiger partial charge in [-0.1, -0.05) is 0 Å². The molecule has 2 rings (SSSR count). The maximum Gasteiger partial charge on any atom is 0.404 e. The Morgan fingerprint density at radius 1 is 1.53 bits per heavy atom. The van der Waals surface area contributed by atoms with Crippen molar-refractivity contribution in [1.82, 2.24) is 15.5 Å². The highest BCUT2D eigenvalue weighted by molar-refractivity contribution is 7.99. The van der Waals surface area contributed by atoms with Crippen molar-refractivity contribution in [2.45, 2.75) is 12.5 Å². The van der Waals surface area contributed by atoms with Crippen molar-refractivity contribution >= 4 is 23.8 Å². The fraction of sp³-hybridized carbons (Fsp3) is 0.800. The molecule has 2 atom stereocenters. The molecule has 0 aromatic heterocycles. The van der Waals surface area contributed by atoms with Gasteiger partial charge in [0.2, 0.25) is 5.91 Å². The van der Waals surface area contributed by atoms with E-state index in [9.17, 15) is 9.59 Å². The lowest BCUT2D eigenvalue weighted by molar-refractivity contribution is -0.131. The van der Waals surface area contributed by atoms with Gasteiger partial charge in [-0.15, -0.1) is 11.8 Å². The average Bonchev–Trinajstić information content (AvgIpc) is 2.97. The summed E-state index contributed by atoms with van der Waals surface area (Å²) in [5, 5.41) is 14.0. The number of hydrogen-bond donors (Lipinski definition) is 3. The predicted octanol–water partition coefficient (Wildman–Crippen LogP) is -0.235.